The first-order valence-electron chi connectivity index (χ1n) is 5.80. The molecule has 0 atom stereocenters. The molecule has 0 unspecified atom stereocenters. The maximum atomic E-state index is 13.8. The van der Waals surface area contributed by atoms with Crippen LogP contribution in [0.2, 0.25) is 5.02 Å². The molecule has 0 amide bonds. The van der Waals surface area contributed by atoms with E-state index in [-0.39, 0.29) is 27.7 Å². The Bertz CT molecular complexity index is 782. The Balaban J connectivity index is 2.48. The third-order valence-corrected chi connectivity index (χ3v) is 4.47. The molecule has 0 aliphatic carbocycles. The van der Waals surface area contributed by atoms with Crippen molar-refractivity contribution in [3.05, 3.63) is 58.6 Å². The van der Waals surface area contributed by atoms with Gasteiger partial charge in [0.2, 0.25) is 0 Å². The predicted octanol–water partition coefficient (Wildman–Crippen LogP) is 2.88. The molecule has 0 saturated carbocycles. The highest BCUT2D eigenvalue weighted by Crippen LogP contribution is 2.26. The average Bonchev–Trinajstić information content (AvgIpc) is 2.44. The molecule has 21 heavy (non-hydrogen) atoms. The molecule has 0 aromatic heterocycles. The topological polar surface area (TPSA) is 72.2 Å². The van der Waals surface area contributed by atoms with Crippen molar-refractivity contribution >= 4 is 27.3 Å². The molecule has 0 aliphatic heterocycles. The lowest BCUT2D eigenvalue weighted by Gasteiger charge is -2.12. The van der Waals surface area contributed by atoms with Crippen molar-refractivity contribution in [2.75, 3.05) is 4.72 Å². The van der Waals surface area contributed by atoms with E-state index in [2.05, 4.69) is 0 Å². The van der Waals surface area contributed by atoms with E-state index in [0.717, 1.165) is 12.1 Å². The number of sulfonamides is 1. The number of nitrogens with one attached hydrogen (secondary N) is 1. The van der Waals surface area contributed by atoms with Crippen molar-refractivity contribution in [2.24, 2.45) is 5.73 Å². The minimum absolute atomic E-state index is 0.103. The van der Waals surface area contributed by atoms with Crippen LogP contribution in [0, 0.1) is 11.6 Å². The molecule has 112 valence electrons. The van der Waals surface area contributed by atoms with Gasteiger partial charge in [-0.15, -0.1) is 0 Å². The van der Waals surface area contributed by atoms with Crippen molar-refractivity contribution in [3.63, 3.8) is 0 Å². The van der Waals surface area contributed by atoms with Gasteiger partial charge in [-0.25, -0.2) is 17.2 Å². The number of hydrogen-bond acceptors (Lipinski definition) is 3. The lowest BCUT2D eigenvalue weighted by molar-refractivity contribution is 0.591. The summed E-state index contributed by atoms with van der Waals surface area (Å²) in [6.45, 7) is -0.103. The summed E-state index contributed by atoms with van der Waals surface area (Å²) in [6.07, 6.45) is 0. The van der Waals surface area contributed by atoms with Gasteiger partial charge >= 0.3 is 0 Å². The summed E-state index contributed by atoms with van der Waals surface area (Å²) in [5.41, 5.74) is 5.32. The highest BCUT2D eigenvalue weighted by Gasteiger charge is 2.21. The molecule has 4 nitrogen and oxygen atoms in total. The van der Waals surface area contributed by atoms with Crippen molar-refractivity contribution in [2.45, 2.75) is 11.4 Å². The van der Waals surface area contributed by atoms with Gasteiger partial charge in [0.1, 0.15) is 5.82 Å². The van der Waals surface area contributed by atoms with Gasteiger partial charge in [0, 0.05) is 6.54 Å². The van der Waals surface area contributed by atoms with Gasteiger partial charge in [-0.05, 0) is 29.8 Å². The zero-order valence-corrected chi connectivity index (χ0v) is 12.2. The predicted molar refractivity (Wildman–Crippen MR) is 76.5 cm³/mol. The largest absolute Gasteiger partial charge is 0.326 e. The van der Waals surface area contributed by atoms with E-state index in [0.29, 0.717) is 0 Å². The van der Waals surface area contributed by atoms with Gasteiger partial charge in [0.15, 0.2) is 5.82 Å². The van der Waals surface area contributed by atoms with E-state index >= 15 is 0 Å². The second kappa shape index (κ2) is 5.97. The van der Waals surface area contributed by atoms with Crippen LogP contribution in [0.4, 0.5) is 14.5 Å². The Kier molecular flexibility index (Phi) is 4.46. The second-order valence-corrected chi connectivity index (χ2v) is 6.22. The highest BCUT2D eigenvalue weighted by molar-refractivity contribution is 7.92. The summed E-state index contributed by atoms with van der Waals surface area (Å²) < 4.78 is 53.6. The Labute approximate surface area is 125 Å². The second-order valence-electron chi connectivity index (χ2n) is 4.16. The number of benzene rings is 2. The number of rotatable bonds is 4. The third kappa shape index (κ3) is 3.31. The fraction of sp³-hybridized carbons (Fsp3) is 0.0769. The third-order valence-electron chi connectivity index (χ3n) is 2.73. The molecule has 0 heterocycles. The summed E-state index contributed by atoms with van der Waals surface area (Å²) in [5.74, 6) is -1.65. The van der Waals surface area contributed by atoms with Crippen LogP contribution in [0.25, 0.3) is 0 Å². The van der Waals surface area contributed by atoms with Crippen molar-refractivity contribution in [1.29, 1.82) is 0 Å². The van der Waals surface area contributed by atoms with E-state index in [4.69, 9.17) is 17.3 Å². The normalized spacial score (nSPS) is 11.4. The van der Waals surface area contributed by atoms with Crippen LogP contribution in [0.3, 0.4) is 0 Å². The Hall–Kier alpha value is -1.70. The zero-order chi connectivity index (χ0) is 15.6. The van der Waals surface area contributed by atoms with Crippen molar-refractivity contribution in [1.82, 2.24) is 0 Å². The molecule has 0 spiro atoms. The van der Waals surface area contributed by atoms with Gasteiger partial charge in [-0.3, -0.25) is 4.72 Å². The highest BCUT2D eigenvalue weighted by atomic mass is 35.5. The maximum absolute atomic E-state index is 13.8. The Morgan fingerprint density at radius 1 is 1.19 bits per heavy atom. The average molecular weight is 333 g/mol. The molecule has 3 N–H and O–H groups in total. The number of anilines is 1. The maximum Gasteiger partial charge on any atom is 0.262 e. The van der Waals surface area contributed by atoms with E-state index < -0.39 is 21.7 Å². The minimum atomic E-state index is -4.19. The lowest BCUT2D eigenvalue weighted by Crippen LogP contribution is -2.17. The van der Waals surface area contributed by atoms with E-state index in [1.165, 1.54) is 24.3 Å². The molecular weight excluding hydrogens is 322 g/mol. The molecule has 2 aromatic rings. The SMILES string of the molecule is NCc1ccc(F)cc1S(=O)(=O)Nc1cccc(Cl)c1F. The Morgan fingerprint density at radius 2 is 1.90 bits per heavy atom. The van der Waals surface area contributed by atoms with Crippen LogP contribution >= 0.6 is 11.6 Å². The lowest BCUT2D eigenvalue weighted by atomic mass is 10.2. The van der Waals surface area contributed by atoms with E-state index in [9.17, 15) is 17.2 Å². The summed E-state index contributed by atoms with van der Waals surface area (Å²) in [6, 6.07) is 7.06. The smallest absolute Gasteiger partial charge is 0.262 e. The molecule has 2 rings (SSSR count). The van der Waals surface area contributed by atoms with Gasteiger partial charge in [-0.1, -0.05) is 23.7 Å². The standard InChI is InChI=1S/C13H11ClF2N2O2S/c14-10-2-1-3-11(13(10)16)18-21(19,20)12-6-9(15)5-4-8(12)7-17/h1-6,18H,7,17H2. The molecule has 0 fully saturated rings. The minimum Gasteiger partial charge on any atom is -0.326 e. The van der Waals surface area contributed by atoms with Gasteiger partial charge in [0.05, 0.1) is 15.6 Å². The molecule has 8 heteroatoms. The number of halogens is 3. The van der Waals surface area contributed by atoms with Gasteiger partial charge in [-0.2, -0.15) is 0 Å². The summed E-state index contributed by atoms with van der Waals surface area (Å²) in [4.78, 5) is -0.343. The van der Waals surface area contributed by atoms with Crippen molar-refractivity contribution in [3.8, 4) is 0 Å². The molecule has 0 aliphatic rings. The first kappa shape index (κ1) is 15.7. The first-order valence-corrected chi connectivity index (χ1v) is 7.66. The molecule has 0 bridgehead atoms. The first-order chi connectivity index (χ1) is 9.85. The monoisotopic (exact) mass is 332 g/mol. The van der Waals surface area contributed by atoms with E-state index in [1.54, 1.807) is 0 Å². The summed E-state index contributed by atoms with van der Waals surface area (Å²) >= 11 is 5.58. The Morgan fingerprint density at radius 3 is 2.57 bits per heavy atom. The van der Waals surface area contributed by atoms with Crippen molar-refractivity contribution < 1.29 is 17.2 Å². The van der Waals surface area contributed by atoms with Crippen LogP contribution in [-0.2, 0) is 16.6 Å². The van der Waals surface area contributed by atoms with Crippen LogP contribution in [0.5, 0.6) is 0 Å². The molecule has 0 radical (unpaired) electrons. The van der Waals surface area contributed by atoms with Crippen LogP contribution < -0.4 is 10.5 Å². The fourth-order valence-corrected chi connectivity index (χ4v) is 3.23. The molecule has 0 saturated heterocycles. The summed E-state index contributed by atoms with van der Waals surface area (Å²) in [5, 5.41) is -0.228. The van der Waals surface area contributed by atoms with Crippen LogP contribution in [0.1, 0.15) is 5.56 Å². The van der Waals surface area contributed by atoms with E-state index in [1.807, 2.05) is 4.72 Å². The number of hydrogen-bond donors (Lipinski definition) is 2. The van der Waals surface area contributed by atoms with Crippen LogP contribution in [-0.4, -0.2) is 8.42 Å². The fourth-order valence-electron chi connectivity index (χ4n) is 1.73. The summed E-state index contributed by atoms with van der Waals surface area (Å²) in [7, 11) is -4.19. The van der Waals surface area contributed by atoms with Gasteiger partial charge in [0.25, 0.3) is 10.0 Å². The quantitative estimate of drug-likeness (QED) is 0.904. The van der Waals surface area contributed by atoms with Gasteiger partial charge < -0.3 is 5.73 Å². The molecule has 2 aromatic carbocycles. The molecular formula is C13H11ClF2N2O2S. The zero-order valence-electron chi connectivity index (χ0n) is 10.6. The van der Waals surface area contributed by atoms with Crippen LogP contribution in [0.15, 0.2) is 41.3 Å². The number of nitrogens with two attached hydrogens (primary N) is 1.